The van der Waals surface area contributed by atoms with Gasteiger partial charge in [0.25, 0.3) is 5.91 Å². The molecule has 31 heavy (non-hydrogen) atoms. The van der Waals surface area contributed by atoms with Crippen LogP contribution in [0.5, 0.6) is 5.88 Å². The van der Waals surface area contributed by atoms with Crippen LogP contribution in [0.4, 0.5) is 0 Å². The van der Waals surface area contributed by atoms with Gasteiger partial charge in [-0.05, 0) is 6.07 Å². The van der Waals surface area contributed by atoms with Crippen LogP contribution in [0.25, 0.3) is 10.9 Å². The molecule has 3 aromatic rings. The molecule has 0 aliphatic rings. The van der Waals surface area contributed by atoms with E-state index in [1.54, 1.807) is 6.20 Å². The zero-order chi connectivity index (χ0) is 22.1. The quantitative estimate of drug-likeness (QED) is 0.237. The van der Waals surface area contributed by atoms with E-state index in [-0.39, 0.29) is 31.4 Å². The molecule has 2 heterocycles. The van der Waals surface area contributed by atoms with Crippen molar-refractivity contribution >= 4 is 34.5 Å². The molecule has 0 saturated heterocycles. The Morgan fingerprint density at radius 1 is 1.26 bits per heavy atom. The van der Waals surface area contributed by atoms with Gasteiger partial charge in [0, 0.05) is 43.2 Å². The molecule has 0 fully saturated rings. The third kappa shape index (κ3) is 6.48. The highest BCUT2D eigenvalue weighted by Crippen LogP contribution is 2.18. The molecule has 11 heteroatoms. The van der Waals surface area contributed by atoms with Crippen LogP contribution in [0, 0.1) is 0 Å². The molecule has 1 aromatic carbocycles. The number of carbonyl (C=O) groups excluding carboxylic acids is 2. The van der Waals surface area contributed by atoms with Crippen LogP contribution >= 0.6 is 11.7 Å². The lowest BCUT2D eigenvalue weighted by Crippen LogP contribution is -2.37. The van der Waals surface area contributed by atoms with Crippen molar-refractivity contribution in [1.82, 2.24) is 24.4 Å². The number of rotatable bonds is 12. The number of para-hydroxylation sites is 1. The molecule has 3 rings (SSSR count). The van der Waals surface area contributed by atoms with E-state index in [0.29, 0.717) is 36.6 Å². The fourth-order valence-electron chi connectivity index (χ4n) is 2.91. The molecule has 0 bridgehead atoms. The van der Waals surface area contributed by atoms with Gasteiger partial charge in [-0.25, -0.2) is 0 Å². The number of methoxy groups -OCH3 is 1. The minimum Gasteiger partial charge on any atom is -0.473 e. The number of aliphatic hydroxyl groups is 1. The number of nitrogens with zero attached hydrogens (tertiary/aromatic N) is 2. The number of hydrogen-bond donors (Lipinski definition) is 4. The Kier molecular flexibility index (Phi) is 8.33. The molecular formula is C20H25N5O5S. The van der Waals surface area contributed by atoms with Crippen LogP contribution < -0.4 is 15.4 Å². The number of carbonyl (C=O) groups is 2. The molecular weight excluding hydrogens is 422 g/mol. The average molecular weight is 448 g/mol. The van der Waals surface area contributed by atoms with E-state index in [1.807, 2.05) is 24.3 Å². The number of aryl methyl sites for hydroxylation is 1. The van der Waals surface area contributed by atoms with Crippen molar-refractivity contribution in [3.05, 3.63) is 41.7 Å². The number of fused-ring (bicyclic) bond motifs is 1. The lowest BCUT2D eigenvalue weighted by atomic mass is 10.1. The van der Waals surface area contributed by atoms with Crippen molar-refractivity contribution in [2.45, 2.75) is 18.9 Å². The highest BCUT2D eigenvalue weighted by atomic mass is 32.1. The van der Waals surface area contributed by atoms with Crippen molar-refractivity contribution < 1.29 is 24.2 Å². The fraction of sp³-hybridized carbons (Fsp3) is 0.400. The first-order valence-corrected chi connectivity index (χ1v) is 10.6. The van der Waals surface area contributed by atoms with Gasteiger partial charge in [-0.1, -0.05) is 18.2 Å². The van der Waals surface area contributed by atoms with Crippen LogP contribution in [0.1, 0.15) is 22.5 Å². The van der Waals surface area contributed by atoms with E-state index >= 15 is 0 Å². The Hall–Kier alpha value is -3.02. The Morgan fingerprint density at radius 2 is 2.10 bits per heavy atom. The zero-order valence-corrected chi connectivity index (χ0v) is 17.9. The third-order valence-corrected chi connectivity index (χ3v) is 5.08. The molecule has 0 aliphatic heterocycles. The lowest BCUT2D eigenvalue weighted by molar-refractivity contribution is -0.140. The number of aliphatic hydroxyl groups excluding tert-OH is 1. The molecule has 2 aromatic heterocycles. The SMILES string of the molecule is COC(=O)CCc1nsnc1OCC(O)CNCCNC(=O)c1c[nH]c2ccccc12. The summed E-state index contributed by atoms with van der Waals surface area (Å²) in [5, 5.41) is 16.9. The summed E-state index contributed by atoms with van der Waals surface area (Å²) < 4.78 is 18.3. The second-order valence-corrected chi connectivity index (χ2v) is 7.29. The maximum Gasteiger partial charge on any atom is 0.305 e. The number of aromatic nitrogens is 3. The molecule has 1 atom stereocenters. The molecule has 0 saturated carbocycles. The van der Waals surface area contributed by atoms with Crippen molar-refractivity contribution in [1.29, 1.82) is 0 Å². The smallest absolute Gasteiger partial charge is 0.305 e. The third-order valence-electron chi connectivity index (χ3n) is 4.53. The van der Waals surface area contributed by atoms with Gasteiger partial charge in [0.2, 0.25) is 5.88 Å². The van der Waals surface area contributed by atoms with Gasteiger partial charge in [0.05, 0.1) is 30.8 Å². The van der Waals surface area contributed by atoms with Gasteiger partial charge in [0.1, 0.15) is 18.4 Å². The molecule has 1 amide bonds. The van der Waals surface area contributed by atoms with Gasteiger partial charge in [0.15, 0.2) is 0 Å². The summed E-state index contributed by atoms with van der Waals surface area (Å²) in [5.41, 5.74) is 2.08. The van der Waals surface area contributed by atoms with Crippen molar-refractivity contribution in [2.24, 2.45) is 0 Å². The fourth-order valence-corrected chi connectivity index (χ4v) is 3.45. The molecule has 10 nitrogen and oxygen atoms in total. The van der Waals surface area contributed by atoms with E-state index in [0.717, 1.165) is 22.6 Å². The summed E-state index contributed by atoms with van der Waals surface area (Å²) in [6, 6.07) is 7.62. The van der Waals surface area contributed by atoms with Crippen LogP contribution in [0.2, 0.25) is 0 Å². The largest absolute Gasteiger partial charge is 0.473 e. The van der Waals surface area contributed by atoms with E-state index in [1.165, 1.54) is 7.11 Å². The standard InChI is InChI=1S/C20H25N5O5S/c1-29-18(27)7-6-17-20(25-31-24-17)30-12-13(26)10-21-8-9-22-19(28)15-11-23-16-5-3-2-4-14(15)16/h2-5,11,13,21,23,26H,6-10,12H2,1H3,(H,22,28). The minimum atomic E-state index is -0.764. The number of H-pyrrole nitrogens is 1. The van der Waals surface area contributed by atoms with Gasteiger partial charge in [-0.2, -0.15) is 4.37 Å². The first-order chi connectivity index (χ1) is 15.1. The number of amides is 1. The van der Waals surface area contributed by atoms with Crippen LogP contribution in [-0.4, -0.2) is 70.2 Å². The molecule has 166 valence electrons. The Balaban J connectivity index is 1.32. The van der Waals surface area contributed by atoms with E-state index in [4.69, 9.17) is 4.74 Å². The summed E-state index contributed by atoms with van der Waals surface area (Å²) in [6.45, 7) is 1.23. The number of aromatic amines is 1. The van der Waals surface area contributed by atoms with Crippen LogP contribution in [-0.2, 0) is 16.0 Å². The van der Waals surface area contributed by atoms with E-state index in [9.17, 15) is 14.7 Å². The van der Waals surface area contributed by atoms with Crippen LogP contribution in [0.15, 0.2) is 30.5 Å². The first kappa shape index (κ1) is 22.7. The van der Waals surface area contributed by atoms with Gasteiger partial charge < -0.3 is 30.2 Å². The predicted molar refractivity (Wildman–Crippen MR) is 115 cm³/mol. The van der Waals surface area contributed by atoms with Gasteiger partial charge >= 0.3 is 5.97 Å². The predicted octanol–water partition coefficient (Wildman–Crippen LogP) is 0.884. The van der Waals surface area contributed by atoms with Crippen molar-refractivity contribution in [3.63, 3.8) is 0 Å². The highest BCUT2D eigenvalue weighted by molar-refractivity contribution is 6.99. The summed E-state index contributed by atoms with van der Waals surface area (Å²) in [4.78, 5) is 26.6. The topological polar surface area (TPSA) is 138 Å². The summed E-state index contributed by atoms with van der Waals surface area (Å²) in [7, 11) is 1.33. The second kappa shape index (κ2) is 11.4. The first-order valence-electron chi connectivity index (χ1n) is 9.82. The maximum atomic E-state index is 12.3. The molecule has 4 N–H and O–H groups in total. The van der Waals surface area contributed by atoms with E-state index in [2.05, 4.69) is 29.1 Å². The van der Waals surface area contributed by atoms with Crippen molar-refractivity contribution in [3.8, 4) is 5.88 Å². The monoisotopic (exact) mass is 447 g/mol. The molecule has 1 unspecified atom stereocenters. The summed E-state index contributed by atoms with van der Waals surface area (Å²) in [5.74, 6) is -0.169. The van der Waals surface area contributed by atoms with Crippen LogP contribution in [0.3, 0.4) is 0 Å². The number of benzene rings is 1. The van der Waals surface area contributed by atoms with E-state index < -0.39 is 6.10 Å². The normalized spacial score (nSPS) is 11.9. The zero-order valence-electron chi connectivity index (χ0n) is 17.1. The summed E-state index contributed by atoms with van der Waals surface area (Å²) >= 11 is 0.987. The highest BCUT2D eigenvalue weighted by Gasteiger charge is 2.14. The Morgan fingerprint density at radius 3 is 2.94 bits per heavy atom. The number of esters is 1. The average Bonchev–Trinajstić information content (AvgIpc) is 3.42. The lowest BCUT2D eigenvalue weighted by Gasteiger charge is -2.13. The number of nitrogens with one attached hydrogen (secondary N) is 3. The number of ether oxygens (including phenoxy) is 2. The molecule has 0 aliphatic carbocycles. The number of hydrogen-bond acceptors (Lipinski definition) is 9. The Bertz CT molecular complexity index is 1000. The second-order valence-electron chi connectivity index (χ2n) is 6.76. The van der Waals surface area contributed by atoms with Gasteiger partial charge in [-0.3, -0.25) is 9.59 Å². The molecule has 0 spiro atoms. The van der Waals surface area contributed by atoms with Crippen molar-refractivity contribution in [2.75, 3.05) is 33.4 Å². The Labute approximate surface area is 183 Å². The maximum absolute atomic E-state index is 12.3. The minimum absolute atomic E-state index is 0.0331. The molecule has 0 radical (unpaired) electrons. The summed E-state index contributed by atoms with van der Waals surface area (Å²) in [6.07, 6.45) is 1.48. The van der Waals surface area contributed by atoms with Gasteiger partial charge in [-0.15, -0.1) is 4.37 Å².